The average molecular weight is 1700 g/mol. The average Bonchev–Trinajstić information content (AvgIpc) is 0.871. The van der Waals surface area contributed by atoms with E-state index in [-0.39, 0.29) is 180 Å². The summed E-state index contributed by atoms with van der Waals surface area (Å²) in [7, 11) is 23.6. The van der Waals surface area contributed by atoms with E-state index in [0.29, 0.717) is 117 Å². The maximum Gasteiger partial charge on any atom is 0.223 e. The smallest absolute Gasteiger partial charge is 0.223 e. The quantitative estimate of drug-likeness (QED) is 0.0323. The number of hydrogen-bond acceptors (Lipinski definition) is 19. The maximum absolute atomic E-state index is 14.4. The molecule has 31 heteroatoms. The van der Waals surface area contributed by atoms with Gasteiger partial charge in [0.2, 0.25) is 70.9 Å². The first-order chi connectivity index (χ1) is 57.3. The highest BCUT2D eigenvalue weighted by Gasteiger charge is 2.24. The van der Waals surface area contributed by atoms with Crippen LogP contribution in [0, 0.1) is 0 Å². The minimum Gasteiger partial charge on any atom is -0.356 e. The van der Waals surface area contributed by atoms with Crippen molar-refractivity contribution >= 4 is 70.9 Å². The summed E-state index contributed by atoms with van der Waals surface area (Å²) in [5.74, 6) is -2.24. The van der Waals surface area contributed by atoms with Gasteiger partial charge in [0, 0.05) is 195 Å². The zero-order valence-corrected chi connectivity index (χ0v) is 76.4. The highest BCUT2D eigenvalue weighted by molar-refractivity contribution is 5.87. The molecule has 0 fully saturated rings. The standard InChI is InChI=1S/C90H152N18O12.H3N/c1-15-103(85(115)45-39-79(109)91-51-21-57-97(3)4)67-73-27-31-75(32-28-73)69-105(87(117)47-41-81(111)93-53-23-59-99(7)8)63-17-19-65-107(89(119)49-43-83(113)95-55-25-61-101(11)12)71-77-35-37-78(38-36-77)72-108(90(120)50-44-84(114)96-56-26-62-102(13)14)66-20-18-64-106(88(118)48-42-82(112)94-54-24-60-100(9)10)70-76-33-29-74(30-34-76)68-104(16-2)86(116)46-40-80(110)92-52-22-58-98(5)6;/h27-38H,15-26,39-72H2,1-14H3,(H,91,109)(H,92,110)(H,93,111)(H,94,112)(H,95,113)(H,96,114);1H3. The fourth-order valence-electron chi connectivity index (χ4n) is 13.2. The first-order valence-electron chi connectivity index (χ1n) is 43.7. The molecule has 12 amide bonds. The number of amides is 12. The summed E-state index contributed by atoms with van der Waals surface area (Å²) in [6.07, 6.45) is 7.02. The van der Waals surface area contributed by atoms with Crippen molar-refractivity contribution in [1.82, 2.24) is 96.9 Å². The second-order valence-corrected chi connectivity index (χ2v) is 33.0. The number of nitrogens with zero attached hydrogens (tertiary/aromatic N) is 12. The van der Waals surface area contributed by atoms with Crippen molar-refractivity contribution in [2.45, 2.75) is 194 Å². The van der Waals surface area contributed by atoms with Gasteiger partial charge in [-0.3, -0.25) is 57.5 Å². The highest BCUT2D eigenvalue weighted by Crippen LogP contribution is 2.20. The van der Waals surface area contributed by atoms with E-state index in [9.17, 15) is 57.5 Å². The summed E-state index contributed by atoms with van der Waals surface area (Å²) in [6, 6.07) is 23.2. The van der Waals surface area contributed by atoms with Gasteiger partial charge in [0.1, 0.15) is 0 Å². The lowest BCUT2D eigenvalue weighted by atomic mass is 10.1. The van der Waals surface area contributed by atoms with Gasteiger partial charge in [0.05, 0.1) is 0 Å². The molecule has 121 heavy (non-hydrogen) atoms. The van der Waals surface area contributed by atoms with Crippen molar-refractivity contribution in [1.29, 1.82) is 0 Å². The van der Waals surface area contributed by atoms with Crippen LogP contribution in [-0.4, -0.2) is 332 Å². The van der Waals surface area contributed by atoms with Crippen LogP contribution in [0.25, 0.3) is 0 Å². The second-order valence-electron chi connectivity index (χ2n) is 33.0. The molecule has 0 heterocycles. The number of hydrogen-bond donors (Lipinski definition) is 7. The van der Waals surface area contributed by atoms with Gasteiger partial charge in [0.25, 0.3) is 0 Å². The fourth-order valence-corrected chi connectivity index (χ4v) is 13.2. The van der Waals surface area contributed by atoms with Crippen molar-refractivity contribution in [3.05, 3.63) is 106 Å². The van der Waals surface area contributed by atoms with Gasteiger partial charge < -0.3 is 96.9 Å². The molecule has 31 nitrogen and oxygen atoms in total. The lowest BCUT2D eigenvalue weighted by Gasteiger charge is -2.26. The normalized spacial score (nSPS) is 11.2. The minimum atomic E-state index is -0.223. The van der Waals surface area contributed by atoms with Gasteiger partial charge in [-0.2, -0.15) is 0 Å². The molecular formula is C90H155N19O12. The first-order valence-corrected chi connectivity index (χ1v) is 43.7. The molecule has 0 atom stereocenters. The van der Waals surface area contributed by atoms with Gasteiger partial charge in [-0.1, -0.05) is 72.8 Å². The van der Waals surface area contributed by atoms with E-state index in [2.05, 4.69) is 41.7 Å². The summed E-state index contributed by atoms with van der Waals surface area (Å²) < 4.78 is 0. The third-order valence-electron chi connectivity index (χ3n) is 20.4. The second kappa shape index (κ2) is 63.9. The van der Waals surface area contributed by atoms with Crippen LogP contribution in [0.4, 0.5) is 0 Å². The Morgan fingerprint density at radius 2 is 0.347 bits per heavy atom. The van der Waals surface area contributed by atoms with Crippen LogP contribution < -0.4 is 38.1 Å². The predicted octanol–water partition coefficient (Wildman–Crippen LogP) is 5.91. The number of benzene rings is 3. The molecule has 0 unspecified atom stereocenters. The van der Waals surface area contributed by atoms with Crippen LogP contribution >= 0.6 is 0 Å². The minimum absolute atomic E-state index is 0. The zero-order chi connectivity index (χ0) is 88.6. The van der Waals surface area contributed by atoms with Gasteiger partial charge in [0.15, 0.2) is 0 Å². The molecule has 0 aliphatic carbocycles. The summed E-state index contributed by atoms with van der Waals surface area (Å²) in [5, 5.41) is 17.6. The summed E-state index contributed by atoms with van der Waals surface area (Å²) in [5.41, 5.74) is 5.10. The van der Waals surface area contributed by atoms with E-state index >= 15 is 0 Å². The molecule has 0 aromatic heterocycles. The topological polar surface area (TPSA) is 351 Å². The lowest BCUT2D eigenvalue weighted by molar-refractivity contribution is -0.135. The van der Waals surface area contributed by atoms with Gasteiger partial charge >= 0.3 is 0 Å². The largest absolute Gasteiger partial charge is 0.356 e. The van der Waals surface area contributed by atoms with Crippen LogP contribution in [0.15, 0.2) is 72.8 Å². The SMILES string of the molecule is CCN(Cc1ccc(CN(CCCCN(Cc2ccc(CN(CCCCN(Cc3ccc(CN(CC)C(=O)CCC(=O)NCCCN(C)C)cc3)C(=O)CCC(=O)NCCCN(C)C)C(=O)CCC(=O)NCCCN(C)C)cc2)C(=O)CCC(=O)NCCCN(C)C)C(=O)CCC(=O)NCCCN(C)C)cc1)C(=O)CCC(=O)NCCCN(C)C.N. The van der Waals surface area contributed by atoms with Crippen LogP contribution in [0.3, 0.4) is 0 Å². The van der Waals surface area contributed by atoms with E-state index in [1.54, 1.807) is 29.4 Å². The van der Waals surface area contributed by atoms with Crippen molar-refractivity contribution in [2.75, 3.05) is 202 Å². The Balaban J connectivity index is 0.0000496. The summed E-state index contributed by atoms with van der Waals surface area (Å²) in [4.78, 5) is 184. The molecule has 0 spiro atoms. The molecule has 682 valence electrons. The van der Waals surface area contributed by atoms with Crippen molar-refractivity contribution in [3.8, 4) is 0 Å². The fraction of sp³-hybridized carbons (Fsp3) is 0.667. The predicted molar refractivity (Wildman–Crippen MR) is 479 cm³/mol. The molecule has 3 rings (SSSR count). The van der Waals surface area contributed by atoms with Crippen LogP contribution in [0.2, 0.25) is 0 Å². The number of nitrogens with one attached hydrogen (secondary N) is 6. The number of carbonyl (C=O) groups is 12. The molecule has 0 radical (unpaired) electrons. The van der Waals surface area contributed by atoms with Crippen molar-refractivity contribution in [2.24, 2.45) is 0 Å². The molecule has 0 bridgehead atoms. The Bertz CT molecular complexity index is 3270. The molecule has 0 aliphatic rings. The molecule has 3 aromatic rings. The van der Waals surface area contributed by atoms with E-state index in [4.69, 9.17) is 0 Å². The lowest BCUT2D eigenvalue weighted by Crippen LogP contribution is -2.35. The molecule has 9 N–H and O–H groups in total. The monoisotopic (exact) mass is 1690 g/mol. The zero-order valence-electron chi connectivity index (χ0n) is 76.4. The molecule has 3 aromatic carbocycles. The van der Waals surface area contributed by atoms with E-state index < -0.39 is 0 Å². The van der Waals surface area contributed by atoms with E-state index in [1.807, 2.05) is 191 Å². The van der Waals surface area contributed by atoms with Crippen LogP contribution in [0.1, 0.15) is 188 Å². The van der Waals surface area contributed by atoms with E-state index in [0.717, 1.165) is 111 Å². The van der Waals surface area contributed by atoms with E-state index in [1.165, 1.54) is 0 Å². The molecule has 0 aliphatic heterocycles. The van der Waals surface area contributed by atoms with Gasteiger partial charge in [-0.15, -0.1) is 0 Å². The molecule has 0 saturated carbocycles. The van der Waals surface area contributed by atoms with Crippen LogP contribution in [0.5, 0.6) is 0 Å². The Morgan fingerprint density at radius 3 is 0.488 bits per heavy atom. The summed E-state index contributed by atoms with van der Waals surface area (Å²) in [6.45, 7) is 15.5. The first kappa shape index (κ1) is 108. The number of carbonyl (C=O) groups excluding carboxylic acids is 12. The Hall–Kier alpha value is -8.98. The Morgan fingerprint density at radius 1 is 0.207 bits per heavy atom. The highest BCUT2D eigenvalue weighted by atomic mass is 16.2. The van der Waals surface area contributed by atoms with Crippen molar-refractivity contribution in [3.63, 3.8) is 0 Å². The maximum atomic E-state index is 14.4. The summed E-state index contributed by atoms with van der Waals surface area (Å²) >= 11 is 0. The number of unbranched alkanes of at least 4 members (excludes halogenated alkanes) is 2. The van der Waals surface area contributed by atoms with Gasteiger partial charge in [-0.25, -0.2) is 0 Å². The Kier molecular flexibility index (Phi) is 57.1. The third kappa shape index (κ3) is 52.2. The van der Waals surface area contributed by atoms with Crippen LogP contribution in [-0.2, 0) is 96.8 Å². The Labute approximate surface area is 724 Å². The third-order valence-corrected chi connectivity index (χ3v) is 20.4. The molecular weight excluding hydrogens is 1540 g/mol. The number of rotatable bonds is 66. The van der Waals surface area contributed by atoms with Gasteiger partial charge in [-0.05, 0) is 235 Å². The molecule has 0 saturated heterocycles. The van der Waals surface area contributed by atoms with Crippen molar-refractivity contribution < 1.29 is 57.5 Å².